The molecule has 0 bridgehead atoms. The first-order chi connectivity index (χ1) is 10.6. The fraction of sp³-hybridized carbons (Fsp3) is 0.429. The maximum absolute atomic E-state index is 12.2. The maximum atomic E-state index is 12.2. The molecule has 1 aliphatic rings. The van der Waals surface area contributed by atoms with Gasteiger partial charge in [-0.2, -0.15) is 5.10 Å². The molecule has 2 amide bonds. The van der Waals surface area contributed by atoms with E-state index in [2.05, 4.69) is 15.4 Å². The number of piperidine rings is 1. The van der Waals surface area contributed by atoms with E-state index in [-0.39, 0.29) is 5.91 Å². The summed E-state index contributed by atoms with van der Waals surface area (Å²) in [5.41, 5.74) is 0.976. The lowest BCUT2D eigenvalue weighted by atomic mass is 9.97. The third kappa shape index (κ3) is 2.85. The predicted molar refractivity (Wildman–Crippen MR) is 77.6 cm³/mol. The molecular weight excluding hydrogens is 286 g/mol. The van der Waals surface area contributed by atoms with E-state index in [1.165, 1.54) is 11.1 Å². The second kappa shape index (κ2) is 6.00. The zero-order valence-corrected chi connectivity index (χ0v) is 12.0. The molecule has 3 heterocycles. The van der Waals surface area contributed by atoms with Crippen LogP contribution >= 0.6 is 0 Å². The van der Waals surface area contributed by atoms with Crippen LogP contribution in [0.25, 0.3) is 5.65 Å². The molecule has 0 radical (unpaired) electrons. The van der Waals surface area contributed by atoms with Crippen molar-refractivity contribution in [1.82, 2.24) is 24.8 Å². The lowest BCUT2D eigenvalue weighted by molar-refractivity contribution is 0.0930. The fourth-order valence-corrected chi connectivity index (χ4v) is 2.65. The predicted octanol–water partition coefficient (Wildman–Crippen LogP) is 0.849. The smallest absolute Gasteiger partial charge is 0.407 e. The molecule has 2 aromatic rings. The number of fused-ring (bicyclic) bond motifs is 1. The van der Waals surface area contributed by atoms with Gasteiger partial charge in [0.15, 0.2) is 5.65 Å². The molecule has 0 aliphatic carbocycles. The highest BCUT2D eigenvalue weighted by atomic mass is 16.4. The largest absolute Gasteiger partial charge is 0.465 e. The summed E-state index contributed by atoms with van der Waals surface area (Å²) in [6, 6.07) is 1.75. The molecule has 8 nitrogen and oxygen atoms in total. The summed E-state index contributed by atoms with van der Waals surface area (Å²) in [6.07, 6.45) is 5.51. The number of hydrogen-bond acceptors (Lipinski definition) is 4. The molecule has 2 aromatic heterocycles. The highest BCUT2D eigenvalue weighted by Gasteiger charge is 2.23. The standard InChI is InChI=1S/C14H17N5O3/c20-13(11-9-17-19-5-1-4-15-12(11)19)16-8-10-2-6-18(7-3-10)14(21)22/h1,4-5,9-10H,2-3,6-8H2,(H,16,20)(H,21,22). The fourth-order valence-electron chi connectivity index (χ4n) is 2.65. The molecule has 1 aliphatic heterocycles. The van der Waals surface area contributed by atoms with Crippen LogP contribution in [-0.2, 0) is 0 Å². The molecule has 116 valence electrons. The Labute approximate surface area is 126 Å². The first-order valence-corrected chi connectivity index (χ1v) is 7.19. The monoisotopic (exact) mass is 303 g/mol. The third-order valence-corrected chi connectivity index (χ3v) is 3.96. The van der Waals surface area contributed by atoms with Crippen molar-refractivity contribution in [1.29, 1.82) is 0 Å². The highest BCUT2D eigenvalue weighted by molar-refractivity contribution is 5.99. The van der Waals surface area contributed by atoms with Crippen LogP contribution in [0.1, 0.15) is 23.2 Å². The van der Waals surface area contributed by atoms with Crippen LogP contribution in [0.4, 0.5) is 4.79 Å². The zero-order chi connectivity index (χ0) is 15.5. The minimum Gasteiger partial charge on any atom is -0.465 e. The number of likely N-dealkylation sites (tertiary alicyclic amines) is 1. The van der Waals surface area contributed by atoms with Gasteiger partial charge in [-0.25, -0.2) is 14.3 Å². The summed E-state index contributed by atoms with van der Waals surface area (Å²) < 4.78 is 1.56. The molecule has 3 rings (SSSR count). The summed E-state index contributed by atoms with van der Waals surface area (Å²) in [5.74, 6) is 0.101. The van der Waals surface area contributed by atoms with Crippen LogP contribution in [0.3, 0.4) is 0 Å². The van der Waals surface area contributed by atoms with Crippen molar-refractivity contribution in [2.75, 3.05) is 19.6 Å². The Hall–Kier alpha value is -2.64. The van der Waals surface area contributed by atoms with Crippen LogP contribution in [0.5, 0.6) is 0 Å². The molecule has 22 heavy (non-hydrogen) atoms. The van der Waals surface area contributed by atoms with Gasteiger partial charge in [-0.1, -0.05) is 0 Å². The molecule has 2 N–H and O–H groups in total. The molecule has 1 fully saturated rings. The number of carboxylic acid groups (broad SMARTS) is 1. The molecule has 0 spiro atoms. The summed E-state index contributed by atoms with van der Waals surface area (Å²) in [7, 11) is 0. The van der Waals surface area contributed by atoms with Gasteiger partial charge in [0.25, 0.3) is 5.91 Å². The second-order valence-corrected chi connectivity index (χ2v) is 5.37. The molecule has 0 aromatic carbocycles. The zero-order valence-electron chi connectivity index (χ0n) is 12.0. The van der Waals surface area contributed by atoms with Gasteiger partial charge in [0.05, 0.1) is 6.20 Å². The van der Waals surface area contributed by atoms with E-state index in [4.69, 9.17) is 5.11 Å². The number of carbonyl (C=O) groups excluding carboxylic acids is 1. The topological polar surface area (TPSA) is 99.8 Å². The van der Waals surface area contributed by atoms with Crippen molar-refractivity contribution in [3.05, 3.63) is 30.2 Å². The van der Waals surface area contributed by atoms with E-state index < -0.39 is 6.09 Å². The van der Waals surface area contributed by atoms with Crippen molar-refractivity contribution in [3.8, 4) is 0 Å². The molecular formula is C14H17N5O3. The van der Waals surface area contributed by atoms with Gasteiger partial charge in [0.1, 0.15) is 5.56 Å². The van der Waals surface area contributed by atoms with Crippen LogP contribution in [0.15, 0.2) is 24.7 Å². The SMILES string of the molecule is O=C(NCC1CCN(C(=O)O)CC1)c1cnn2cccnc12. The average molecular weight is 303 g/mol. The van der Waals surface area contributed by atoms with Crippen LogP contribution in [0, 0.1) is 5.92 Å². The Morgan fingerprint density at radius 3 is 2.86 bits per heavy atom. The maximum Gasteiger partial charge on any atom is 0.407 e. The molecule has 0 atom stereocenters. The molecule has 1 saturated heterocycles. The number of carbonyl (C=O) groups is 2. The van der Waals surface area contributed by atoms with E-state index in [0.717, 1.165) is 12.8 Å². The van der Waals surface area contributed by atoms with Gasteiger partial charge in [-0.3, -0.25) is 4.79 Å². The first-order valence-electron chi connectivity index (χ1n) is 7.19. The van der Waals surface area contributed by atoms with E-state index in [0.29, 0.717) is 36.8 Å². The highest BCUT2D eigenvalue weighted by Crippen LogP contribution is 2.16. The minimum absolute atomic E-state index is 0.200. The van der Waals surface area contributed by atoms with Crippen molar-refractivity contribution >= 4 is 17.6 Å². The summed E-state index contributed by atoms with van der Waals surface area (Å²) in [5, 5.41) is 15.9. The van der Waals surface area contributed by atoms with E-state index in [1.807, 2.05) is 0 Å². The lowest BCUT2D eigenvalue weighted by Crippen LogP contribution is -2.40. The Balaban J connectivity index is 1.56. The summed E-state index contributed by atoms with van der Waals surface area (Å²) in [4.78, 5) is 28.6. The third-order valence-electron chi connectivity index (χ3n) is 3.96. The van der Waals surface area contributed by atoms with Gasteiger partial charge in [0.2, 0.25) is 0 Å². The van der Waals surface area contributed by atoms with Gasteiger partial charge in [0, 0.05) is 32.0 Å². The lowest BCUT2D eigenvalue weighted by Gasteiger charge is -2.29. The van der Waals surface area contributed by atoms with Crippen LogP contribution in [0.2, 0.25) is 0 Å². The van der Waals surface area contributed by atoms with E-state index in [9.17, 15) is 9.59 Å². The number of hydrogen-bond donors (Lipinski definition) is 2. The van der Waals surface area contributed by atoms with Crippen molar-refractivity contribution in [2.24, 2.45) is 5.92 Å². The average Bonchev–Trinajstić information content (AvgIpc) is 2.97. The van der Waals surface area contributed by atoms with Crippen molar-refractivity contribution < 1.29 is 14.7 Å². The number of rotatable bonds is 3. The first kappa shape index (κ1) is 14.3. The van der Waals surface area contributed by atoms with Gasteiger partial charge in [-0.05, 0) is 24.8 Å². The normalized spacial score (nSPS) is 15.9. The molecule has 0 saturated carbocycles. The van der Waals surface area contributed by atoms with Gasteiger partial charge < -0.3 is 15.3 Å². The summed E-state index contributed by atoms with van der Waals surface area (Å²) >= 11 is 0. The Bertz CT molecular complexity index is 691. The van der Waals surface area contributed by atoms with Crippen molar-refractivity contribution in [3.63, 3.8) is 0 Å². The van der Waals surface area contributed by atoms with E-state index >= 15 is 0 Å². The van der Waals surface area contributed by atoms with Crippen molar-refractivity contribution in [2.45, 2.75) is 12.8 Å². The quantitative estimate of drug-likeness (QED) is 0.875. The minimum atomic E-state index is -0.875. The second-order valence-electron chi connectivity index (χ2n) is 5.37. The molecule has 8 heteroatoms. The molecule has 0 unspecified atom stereocenters. The van der Waals surface area contributed by atoms with Crippen LogP contribution < -0.4 is 5.32 Å². The van der Waals surface area contributed by atoms with Gasteiger partial charge in [-0.15, -0.1) is 0 Å². The number of amides is 2. The van der Waals surface area contributed by atoms with Gasteiger partial charge >= 0.3 is 6.09 Å². The number of nitrogens with zero attached hydrogens (tertiary/aromatic N) is 4. The van der Waals surface area contributed by atoms with E-state index in [1.54, 1.807) is 23.0 Å². The number of nitrogens with one attached hydrogen (secondary N) is 1. The Morgan fingerprint density at radius 2 is 2.14 bits per heavy atom. The summed E-state index contributed by atoms with van der Waals surface area (Å²) in [6.45, 7) is 1.58. The van der Waals surface area contributed by atoms with Crippen LogP contribution in [-0.4, -0.2) is 56.2 Å². The number of aromatic nitrogens is 3. The Morgan fingerprint density at radius 1 is 1.36 bits per heavy atom. The Kier molecular flexibility index (Phi) is 3.90.